The van der Waals surface area contributed by atoms with E-state index in [9.17, 15) is 4.79 Å². The van der Waals surface area contributed by atoms with Gasteiger partial charge >= 0.3 is 5.97 Å². The van der Waals surface area contributed by atoms with Crippen LogP contribution in [0.1, 0.15) is 18.9 Å². The van der Waals surface area contributed by atoms with E-state index in [0.29, 0.717) is 19.4 Å². The first-order valence-electron chi connectivity index (χ1n) is 5.79. The number of carbonyl (C=O) groups is 1. The lowest BCUT2D eigenvalue weighted by Crippen LogP contribution is -2.05. The summed E-state index contributed by atoms with van der Waals surface area (Å²) in [6, 6.07) is 10.00. The highest BCUT2D eigenvalue weighted by Crippen LogP contribution is 2.14. The monoisotopic (exact) mass is 229 g/mol. The maximum absolute atomic E-state index is 11.2. The molecule has 88 valence electrons. The number of fused-ring (bicyclic) bond motifs is 1. The Morgan fingerprint density at radius 2 is 2.24 bits per heavy atom. The van der Waals surface area contributed by atoms with Gasteiger partial charge in [-0.1, -0.05) is 12.1 Å². The second-order valence-corrected chi connectivity index (χ2v) is 3.84. The second kappa shape index (κ2) is 5.43. The molecular formula is C14H15NO2. The number of benzene rings is 1. The lowest BCUT2D eigenvalue weighted by Gasteiger charge is -2.03. The van der Waals surface area contributed by atoms with Crippen LogP contribution in [0.5, 0.6) is 0 Å². The number of pyridine rings is 1. The molecule has 17 heavy (non-hydrogen) atoms. The maximum atomic E-state index is 11.2. The van der Waals surface area contributed by atoms with Crippen molar-refractivity contribution < 1.29 is 9.53 Å². The minimum atomic E-state index is -0.140. The number of aryl methyl sites for hydroxylation is 1. The van der Waals surface area contributed by atoms with Crippen LogP contribution in [0, 0.1) is 0 Å². The van der Waals surface area contributed by atoms with E-state index >= 15 is 0 Å². The maximum Gasteiger partial charge on any atom is 0.306 e. The Hall–Kier alpha value is -1.90. The van der Waals surface area contributed by atoms with Crippen LogP contribution < -0.4 is 0 Å². The number of hydrogen-bond donors (Lipinski definition) is 0. The molecule has 0 aliphatic carbocycles. The highest BCUT2D eigenvalue weighted by atomic mass is 16.5. The number of hydrogen-bond acceptors (Lipinski definition) is 3. The second-order valence-electron chi connectivity index (χ2n) is 3.84. The molecule has 0 unspecified atom stereocenters. The summed E-state index contributed by atoms with van der Waals surface area (Å²) < 4.78 is 4.90. The van der Waals surface area contributed by atoms with E-state index < -0.39 is 0 Å². The molecule has 0 N–H and O–H groups in total. The summed E-state index contributed by atoms with van der Waals surface area (Å²) in [6.45, 7) is 2.26. The van der Waals surface area contributed by atoms with Crippen molar-refractivity contribution in [3.05, 3.63) is 42.1 Å². The van der Waals surface area contributed by atoms with Crippen LogP contribution in [0.15, 0.2) is 36.5 Å². The van der Waals surface area contributed by atoms with E-state index in [1.807, 2.05) is 31.2 Å². The zero-order valence-electron chi connectivity index (χ0n) is 9.85. The Morgan fingerprint density at radius 3 is 3.06 bits per heavy atom. The van der Waals surface area contributed by atoms with Crippen molar-refractivity contribution in [2.75, 3.05) is 6.61 Å². The topological polar surface area (TPSA) is 39.2 Å². The van der Waals surface area contributed by atoms with E-state index in [1.54, 1.807) is 6.20 Å². The van der Waals surface area contributed by atoms with Gasteiger partial charge in [-0.25, -0.2) is 0 Å². The van der Waals surface area contributed by atoms with Gasteiger partial charge in [0.1, 0.15) is 0 Å². The summed E-state index contributed by atoms with van der Waals surface area (Å²) in [4.78, 5) is 15.5. The van der Waals surface area contributed by atoms with Gasteiger partial charge in [-0.15, -0.1) is 0 Å². The molecule has 0 radical (unpaired) electrons. The lowest BCUT2D eigenvalue weighted by atomic mass is 10.1. The van der Waals surface area contributed by atoms with Gasteiger partial charge in [0.05, 0.1) is 12.1 Å². The molecule has 1 heterocycles. The van der Waals surface area contributed by atoms with Gasteiger partial charge in [0.2, 0.25) is 0 Å². The fourth-order valence-corrected chi connectivity index (χ4v) is 1.76. The third kappa shape index (κ3) is 3.03. The molecule has 2 rings (SSSR count). The van der Waals surface area contributed by atoms with Gasteiger partial charge in [-0.2, -0.15) is 0 Å². The molecular weight excluding hydrogens is 214 g/mol. The van der Waals surface area contributed by atoms with Gasteiger partial charge < -0.3 is 4.74 Å². The molecule has 3 heteroatoms. The van der Waals surface area contributed by atoms with Crippen molar-refractivity contribution in [3.63, 3.8) is 0 Å². The molecule has 0 saturated carbocycles. The average molecular weight is 229 g/mol. The van der Waals surface area contributed by atoms with Gasteiger partial charge in [-0.3, -0.25) is 9.78 Å². The van der Waals surface area contributed by atoms with E-state index in [-0.39, 0.29) is 5.97 Å². The van der Waals surface area contributed by atoms with E-state index in [4.69, 9.17) is 4.74 Å². The third-order valence-corrected chi connectivity index (χ3v) is 2.59. The highest BCUT2D eigenvalue weighted by Gasteiger charge is 2.03. The van der Waals surface area contributed by atoms with E-state index in [2.05, 4.69) is 11.1 Å². The first-order valence-corrected chi connectivity index (χ1v) is 5.79. The molecule has 0 bridgehead atoms. The quantitative estimate of drug-likeness (QED) is 0.757. The molecule has 0 aliphatic heterocycles. The largest absolute Gasteiger partial charge is 0.466 e. The van der Waals surface area contributed by atoms with Crippen molar-refractivity contribution in [1.82, 2.24) is 4.98 Å². The number of rotatable bonds is 4. The summed E-state index contributed by atoms with van der Waals surface area (Å²) in [5, 5.41) is 1.11. The van der Waals surface area contributed by atoms with Crippen molar-refractivity contribution in [3.8, 4) is 0 Å². The fraction of sp³-hybridized carbons (Fsp3) is 0.286. The summed E-state index contributed by atoms with van der Waals surface area (Å²) in [6.07, 6.45) is 2.92. The Morgan fingerprint density at radius 1 is 1.35 bits per heavy atom. The predicted octanol–water partition coefficient (Wildman–Crippen LogP) is 2.73. The molecule has 1 aromatic carbocycles. The van der Waals surface area contributed by atoms with Gasteiger partial charge in [-0.05, 0) is 37.1 Å². The Labute approximate surface area is 100 Å². The van der Waals surface area contributed by atoms with Gasteiger partial charge in [0, 0.05) is 18.0 Å². The molecule has 0 amide bonds. The molecule has 0 atom stereocenters. The van der Waals surface area contributed by atoms with E-state index in [0.717, 1.165) is 16.5 Å². The highest BCUT2D eigenvalue weighted by molar-refractivity contribution is 5.79. The first-order chi connectivity index (χ1) is 8.29. The van der Waals surface area contributed by atoms with Crippen molar-refractivity contribution in [1.29, 1.82) is 0 Å². The summed E-state index contributed by atoms with van der Waals surface area (Å²) in [5.41, 5.74) is 2.12. The van der Waals surface area contributed by atoms with Gasteiger partial charge in [0.25, 0.3) is 0 Å². The van der Waals surface area contributed by atoms with Crippen LogP contribution >= 0.6 is 0 Å². The van der Waals surface area contributed by atoms with Crippen LogP contribution in [0.25, 0.3) is 10.9 Å². The normalized spacial score (nSPS) is 10.4. The predicted molar refractivity (Wildman–Crippen MR) is 66.7 cm³/mol. The number of esters is 1. The molecule has 0 aliphatic rings. The summed E-state index contributed by atoms with van der Waals surface area (Å²) >= 11 is 0. The first kappa shape index (κ1) is 11.6. The van der Waals surface area contributed by atoms with Gasteiger partial charge in [0.15, 0.2) is 0 Å². The van der Waals surface area contributed by atoms with Crippen molar-refractivity contribution in [2.45, 2.75) is 19.8 Å². The van der Waals surface area contributed by atoms with Crippen molar-refractivity contribution >= 4 is 16.9 Å². The Bertz CT molecular complexity index is 522. The molecule has 3 nitrogen and oxygen atoms in total. The molecule has 2 aromatic rings. The molecule has 0 spiro atoms. The summed E-state index contributed by atoms with van der Waals surface area (Å²) in [7, 11) is 0. The van der Waals surface area contributed by atoms with Crippen LogP contribution in [0.2, 0.25) is 0 Å². The zero-order valence-corrected chi connectivity index (χ0v) is 9.85. The number of carbonyl (C=O) groups excluding carboxylic acids is 1. The van der Waals surface area contributed by atoms with Crippen molar-refractivity contribution in [2.24, 2.45) is 0 Å². The molecule has 1 aromatic heterocycles. The lowest BCUT2D eigenvalue weighted by molar-refractivity contribution is -0.143. The number of aromatic nitrogens is 1. The Kier molecular flexibility index (Phi) is 3.70. The van der Waals surface area contributed by atoms with Crippen LogP contribution in [0.4, 0.5) is 0 Å². The minimum Gasteiger partial charge on any atom is -0.466 e. The SMILES string of the molecule is CCOC(=O)CCc1ccc2ncccc2c1. The third-order valence-electron chi connectivity index (χ3n) is 2.59. The minimum absolute atomic E-state index is 0.140. The fourth-order valence-electron chi connectivity index (χ4n) is 1.76. The molecule has 0 saturated heterocycles. The Balaban J connectivity index is 2.06. The van der Waals surface area contributed by atoms with E-state index in [1.165, 1.54) is 0 Å². The number of ether oxygens (including phenoxy) is 1. The smallest absolute Gasteiger partial charge is 0.306 e. The zero-order chi connectivity index (χ0) is 12.1. The summed E-state index contributed by atoms with van der Waals surface area (Å²) in [5.74, 6) is -0.140. The van der Waals surface area contributed by atoms with Crippen LogP contribution in [0.3, 0.4) is 0 Å². The number of nitrogens with zero attached hydrogens (tertiary/aromatic N) is 1. The van der Waals surface area contributed by atoms with Crippen LogP contribution in [-0.4, -0.2) is 17.6 Å². The average Bonchev–Trinajstić information content (AvgIpc) is 2.36. The van der Waals surface area contributed by atoms with Crippen LogP contribution in [-0.2, 0) is 16.0 Å². The molecule has 0 fully saturated rings. The standard InChI is InChI=1S/C14H15NO2/c1-2-17-14(16)8-6-11-5-7-13-12(10-11)4-3-9-15-13/h3-5,7,9-10H,2,6,8H2,1H3.